The van der Waals surface area contributed by atoms with Crippen molar-refractivity contribution in [3.63, 3.8) is 0 Å². The van der Waals surface area contributed by atoms with E-state index in [1.165, 1.54) is 0 Å². The van der Waals surface area contributed by atoms with Crippen molar-refractivity contribution in [1.82, 2.24) is 5.32 Å². The Morgan fingerprint density at radius 2 is 1.15 bits per heavy atom. The van der Waals surface area contributed by atoms with E-state index in [0.717, 1.165) is 77.0 Å². The first kappa shape index (κ1) is 36.2. The first-order valence-electron chi connectivity index (χ1n) is 16.6. The van der Waals surface area contributed by atoms with Crippen LogP contribution in [-0.2, 0) is 39.7 Å². The van der Waals surface area contributed by atoms with Crippen molar-refractivity contribution in [3.05, 3.63) is 130 Å². The van der Waals surface area contributed by atoms with Gasteiger partial charge in [-0.25, -0.2) is 0 Å². The van der Waals surface area contributed by atoms with Crippen LogP contribution in [0.2, 0.25) is 0 Å². The summed E-state index contributed by atoms with van der Waals surface area (Å²) in [5, 5.41) is 21.9. The van der Waals surface area contributed by atoms with Crippen molar-refractivity contribution in [3.8, 4) is 11.5 Å². The molecule has 0 atom stereocenters. The van der Waals surface area contributed by atoms with Gasteiger partial charge in [0, 0.05) is 19.4 Å². The summed E-state index contributed by atoms with van der Waals surface area (Å²) in [6, 6.07) is 31.7. The minimum Gasteiger partial charge on any atom is -0.497 e. The molecule has 0 fully saturated rings. The van der Waals surface area contributed by atoms with Crippen LogP contribution in [0.25, 0.3) is 0 Å². The molecule has 4 rings (SSSR count). The third-order valence-electron chi connectivity index (χ3n) is 8.46. The van der Waals surface area contributed by atoms with Gasteiger partial charge in [-0.2, -0.15) is 0 Å². The second-order valence-corrected chi connectivity index (χ2v) is 11.9. The van der Waals surface area contributed by atoms with Gasteiger partial charge in [-0.3, -0.25) is 9.59 Å². The molecular weight excluding hydrogens is 606 g/mol. The number of carboxylic acids is 1. The van der Waals surface area contributed by atoms with Crippen LogP contribution < -0.4 is 14.8 Å². The number of nitrogens with one attached hydrogen (secondary N) is 1. The van der Waals surface area contributed by atoms with Gasteiger partial charge < -0.3 is 29.7 Å². The van der Waals surface area contributed by atoms with Gasteiger partial charge in [0.05, 0.1) is 27.4 Å². The Morgan fingerprint density at radius 1 is 0.646 bits per heavy atom. The van der Waals surface area contributed by atoms with Crippen LogP contribution >= 0.6 is 0 Å². The molecule has 0 aliphatic heterocycles. The molecule has 0 spiro atoms. The summed E-state index contributed by atoms with van der Waals surface area (Å²) in [7, 11) is 3.28. The first-order valence-corrected chi connectivity index (χ1v) is 16.6. The zero-order chi connectivity index (χ0) is 34.2. The topological polar surface area (TPSA) is 114 Å². The molecule has 4 aromatic carbocycles. The molecule has 0 unspecified atom stereocenters. The van der Waals surface area contributed by atoms with E-state index in [4.69, 9.17) is 19.3 Å². The van der Waals surface area contributed by atoms with Gasteiger partial charge in [-0.05, 0) is 70.5 Å². The van der Waals surface area contributed by atoms with Crippen molar-refractivity contribution in [2.45, 2.75) is 76.7 Å². The monoisotopic (exact) mass is 653 g/mol. The maximum Gasteiger partial charge on any atom is 0.303 e. The highest BCUT2D eigenvalue weighted by atomic mass is 16.5. The van der Waals surface area contributed by atoms with E-state index in [9.17, 15) is 14.7 Å². The Labute approximate surface area is 283 Å². The van der Waals surface area contributed by atoms with Gasteiger partial charge in [-0.1, -0.05) is 98.5 Å². The van der Waals surface area contributed by atoms with Crippen LogP contribution in [0.1, 0.15) is 84.7 Å². The lowest BCUT2D eigenvalue weighted by Gasteiger charge is -2.36. The number of carboxylic acid groups (broad SMARTS) is 1. The molecule has 4 aromatic rings. The Hall–Kier alpha value is -4.66. The molecule has 48 heavy (non-hydrogen) atoms. The molecule has 0 saturated heterocycles. The summed E-state index contributed by atoms with van der Waals surface area (Å²) >= 11 is 0. The number of benzene rings is 4. The number of amides is 1. The molecule has 0 saturated carbocycles. The fraction of sp³-hybridized carbons (Fsp3) is 0.350. The summed E-state index contributed by atoms with van der Waals surface area (Å²) in [5.74, 6) is 0.713. The molecule has 1 amide bonds. The number of methoxy groups -OCH3 is 2. The number of aliphatic carboxylic acids is 1. The van der Waals surface area contributed by atoms with Crippen LogP contribution in [0, 0.1) is 0 Å². The highest BCUT2D eigenvalue weighted by Gasteiger charge is 2.38. The van der Waals surface area contributed by atoms with E-state index in [1.54, 1.807) is 14.2 Å². The highest BCUT2D eigenvalue weighted by Crippen LogP contribution is 2.42. The highest BCUT2D eigenvalue weighted by molar-refractivity contribution is 5.75. The SMILES string of the molecule is COc1ccc(C(OCc2cc(CO)cc(CNC(=O)CCCCCCCCC(=O)O)c2)(c2ccccc2)c2ccc(OC)cc2)cc1. The smallest absolute Gasteiger partial charge is 0.303 e. The third-order valence-corrected chi connectivity index (χ3v) is 8.46. The molecular formula is C40H47NO7. The second-order valence-electron chi connectivity index (χ2n) is 11.9. The molecule has 3 N–H and O–H groups in total. The number of aliphatic hydroxyl groups is 1. The Morgan fingerprint density at radius 3 is 1.69 bits per heavy atom. The van der Waals surface area contributed by atoms with Crippen LogP contribution in [0.4, 0.5) is 0 Å². The molecule has 8 nitrogen and oxygen atoms in total. The largest absolute Gasteiger partial charge is 0.497 e. The Bertz CT molecular complexity index is 1520. The normalized spacial score (nSPS) is 11.2. The molecule has 8 heteroatoms. The fourth-order valence-corrected chi connectivity index (χ4v) is 5.94. The van der Waals surface area contributed by atoms with Crippen LogP contribution in [0.15, 0.2) is 97.1 Å². The average molecular weight is 654 g/mol. The van der Waals surface area contributed by atoms with Crippen LogP contribution in [0.5, 0.6) is 11.5 Å². The molecule has 0 aliphatic carbocycles. The molecule has 0 heterocycles. The van der Waals surface area contributed by atoms with Gasteiger partial charge in [0.2, 0.25) is 5.91 Å². The Kier molecular flexibility index (Phi) is 14.0. The summed E-state index contributed by atoms with van der Waals surface area (Å²) in [5.41, 5.74) is 4.30. The number of aliphatic hydroxyl groups excluding tert-OH is 1. The molecule has 0 radical (unpaired) electrons. The molecule has 0 bridgehead atoms. The number of carbonyl (C=O) groups excluding carboxylic acids is 1. The van der Waals surface area contributed by atoms with E-state index in [-0.39, 0.29) is 25.5 Å². The quantitative estimate of drug-likeness (QED) is 0.0668. The number of rotatable bonds is 20. The fourth-order valence-electron chi connectivity index (χ4n) is 5.94. The van der Waals surface area contributed by atoms with E-state index in [2.05, 4.69) is 17.4 Å². The minimum absolute atomic E-state index is 0.0183. The molecule has 254 valence electrons. The van der Waals surface area contributed by atoms with Crippen LogP contribution in [0.3, 0.4) is 0 Å². The zero-order valence-electron chi connectivity index (χ0n) is 28.0. The number of hydrogen-bond acceptors (Lipinski definition) is 6. The zero-order valence-corrected chi connectivity index (χ0v) is 28.0. The van der Waals surface area contributed by atoms with E-state index < -0.39 is 11.6 Å². The Balaban J connectivity index is 1.51. The summed E-state index contributed by atoms with van der Waals surface area (Å²) in [6.45, 7) is 0.436. The predicted molar refractivity (Wildman–Crippen MR) is 186 cm³/mol. The number of hydrogen-bond donors (Lipinski definition) is 3. The lowest BCUT2D eigenvalue weighted by molar-refractivity contribution is -0.137. The van der Waals surface area contributed by atoms with E-state index >= 15 is 0 Å². The lowest BCUT2D eigenvalue weighted by atomic mass is 9.80. The summed E-state index contributed by atoms with van der Waals surface area (Å²) in [4.78, 5) is 23.2. The number of carbonyl (C=O) groups is 2. The average Bonchev–Trinajstić information content (AvgIpc) is 3.12. The van der Waals surface area contributed by atoms with E-state index in [0.29, 0.717) is 19.4 Å². The van der Waals surface area contributed by atoms with Gasteiger partial charge in [0.25, 0.3) is 0 Å². The maximum atomic E-state index is 12.6. The number of ether oxygens (including phenoxy) is 3. The van der Waals surface area contributed by atoms with Crippen molar-refractivity contribution < 1.29 is 34.0 Å². The number of unbranched alkanes of at least 4 members (excludes halogenated alkanes) is 5. The summed E-state index contributed by atoms with van der Waals surface area (Å²) in [6.07, 6.45) is 5.96. The van der Waals surface area contributed by atoms with Gasteiger partial charge in [-0.15, -0.1) is 0 Å². The van der Waals surface area contributed by atoms with Gasteiger partial charge >= 0.3 is 5.97 Å². The lowest BCUT2D eigenvalue weighted by Crippen LogP contribution is -2.33. The van der Waals surface area contributed by atoms with Crippen molar-refractivity contribution >= 4 is 11.9 Å². The van der Waals surface area contributed by atoms with Crippen molar-refractivity contribution in [1.29, 1.82) is 0 Å². The molecule has 0 aromatic heterocycles. The van der Waals surface area contributed by atoms with Crippen LogP contribution in [-0.4, -0.2) is 36.3 Å². The predicted octanol–water partition coefficient (Wildman–Crippen LogP) is 7.53. The third kappa shape index (κ3) is 10.2. The molecule has 0 aliphatic rings. The van der Waals surface area contributed by atoms with E-state index in [1.807, 2.05) is 84.9 Å². The minimum atomic E-state index is -0.986. The first-order chi connectivity index (χ1) is 23.4. The summed E-state index contributed by atoms with van der Waals surface area (Å²) < 4.78 is 17.9. The standard InChI is InChI=1S/C40H47NO7/c1-46-36-20-16-34(17-21-36)40(33-12-8-7-9-13-33,35-18-22-37(47-2)23-19-35)48-29-32-25-30(24-31(26-32)28-42)27-41-38(43)14-10-5-3-4-6-11-15-39(44)45/h7-9,12-13,16-26,42H,3-6,10-11,14-15,27-29H2,1-2H3,(H,41,43)(H,44,45). The van der Waals surface area contributed by atoms with Crippen molar-refractivity contribution in [2.75, 3.05) is 14.2 Å². The second kappa shape index (κ2) is 18.6. The maximum absolute atomic E-state index is 12.6. The van der Waals surface area contributed by atoms with Crippen molar-refractivity contribution in [2.24, 2.45) is 0 Å². The van der Waals surface area contributed by atoms with Gasteiger partial charge in [0.1, 0.15) is 17.1 Å². The van der Waals surface area contributed by atoms with Gasteiger partial charge in [0.15, 0.2) is 0 Å².